The molecule has 1 saturated heterocycles. The number of hydrogen-bond donors (Lipinski definition) is 0. The van der Waals surface area contributed by atoms with Crippen LogP contribution in [0.1, 0.15) is 5.56 Å². The summed E-state index contributed by atoms with van der Waals surface area (Å²) in [6, 6.07) is 5.53. The van der Waals surface area contributed by atoms with Crippen LogP contribution in [0.5, 0.6) is 11.5 Å². The van der Waals surface area contributed by atoms with E-state index in [9.17, 15) is 14.4 Å². The molecule has 0 unspecified atom stereocenters. The Hall–Kier alpha value is -2.77. The van der Waals surface area contributed by atoms with Crippen LogP contribution in [0.4, 0.5) is 0 Å². The molecule has 1 fully saturated rings. The zero-order valence-corrected chi connectivity index (χ0v) is 14.9. The molecule has 0 aromatic heterocycles. The molecule has 0 N–H and O–H groups in total. The summed E-state index contributed by atoms with van der Waals surface area (Å²) < 4.78 is 15.5. The van der Waals surface area contributed by atoms with Gasteiger partial charge in [0, 0.05) is 13.1 Å². The van der Waals surface area contributed by atoms with Crippen LogP contribution in [0.25, 0.3) is 0 Å². The number of carbonyl (C=O) groups is 3. The molecule has 8 heteroatoms. The maximum absolute atomic E-state index is 12.8. The first kappa shape index (κ1) is 18.0. The van der Waals surface area contributed by atoms with Gasteiger partial charge in [-0.25, -0.2) is 0 Å². The highest BCUT2D eigenvalue weighted by Gasteiger charge is 2.34. The van der Waals surface area contributed by atoms with E-state index < -0.39 is 5.97 Å². The minimum absolute atomic E-state index is 0.0305. The lowest BCUT2D eigenvalue weighted by Gasteiger charge is -2.36. The molecule has 140 valence electrons. The van der Waals surface area contributed by atoms with E-state index in [4.69, 9.17) is 9.47 Å². The number of benzene rings is 1. The SMILES string of the molecule is COC(=O)CN1CCN(C(=O)[C@H]2COc3ccc(OC)cc3C2)CC1=O. The van der Waals surface area contributed by atoms with Crippen LogP contribution < -0.4 is 9.47 Å². The third-order valence-corrected chi connectivity index (χ3v) is 4.70. The Bertz CT molecular complexity index is 720. The number of fused-ring (bicyclic) bond motifs is 1. The first-order valence-corrected chi connectivity index (χ1v) is 8.45. The second kappa shape index (κ2) is 7.63. The Kier molecular flexibility index (Phi) is 5.29. The molecule has 2 heterocycles. The van der Waals surface area contributed by atoms with Crippen LogP contribution in [-0.4, -0.2) is 74.6 Å². The van der Waals surface area contributed by atoms with E-state index in [0.29, 0.717) is 25.3 Å². The second-order valence-electron chi connectivity index (χ2n) is 6.34. The molecule has 8 nitrogen and oxygen atoms in total. The topological polar surface area (TPSA) is 85.4 Å². The highest BCUT2D eigenvalue weighted by molar-refractivity contribution is 5.89. The summed E-state index contributed by atoms with van der Waals surface area (Å²) in [6.07, 6.45) is 0.544. The Morgan fingerprint density at radius 1 is 1.27 bits per heavy atom. The minimum atomic E-state index is -0.468. The van der Waals surface area contributed by atoms with Crippen molar-refractivity contribution in [2.45, 2.75) is 6.42 Å². The first-order chi connectivity index (χ1) is 12.5. The third-order valence-electron chi connectivity index (χ3n) is 4.70. The highest BCUT2D eigenvalue weighted by Crippen LogP contribution is 2.31. The summed E-state index contributed by atoms with van der Waals surface area (Å²) in [5.41, 5.74) is 0.921. The van der Waals surface area contributed by atoms with Crippen LogP contribution in [-0.2, 0) is 25.5 Å². The molecule has 26 heavy (non-hydrogen) atoms. The number of piperazine rings is 1. The Morgan fingerprint density at radius 3 is 2.77 bits per heavy atom. The monoisotopic (exact) mass is 362 g/mol. The van der Waals surface area contributed by atoms with Gasteiger partial charge in [-0.2, -0.15) is 0 Å². The van der Waals surface area contributed by atoms with E-state index in [0.717, 1.165) is 11.3 Å². The first-order valence-electron chi connectivity index (χ1n) is 8.45. The van der Waals surface area contributed by atoms with Gasteiger partial charge in [0.05, 0.1) is 26.7 Å². The summed E-state index contributed by atoms with van der Waals surface area (Å²) in [4.78, 5) is 39.3. The summed E-state index contributed by atoms with van der Waals surface area (Å²) in [5, 5.41) is 0. The number of ether oxygens (including phenoxy) is 3. The van der Waals surface area contributed by atoms with E-state index in [2.05, 4.69) is 4.74 Å². The lowest BCUT2D eigenvalue weighted by Crippen LogP contribution is -2.55. The maximum atomic E-state index is 12.8. The van der Waals surface area contributed by atoms with Crippen molar-refractivity contribution in [2.75, 3.05) is 47.0 Å². The van der Waals surface area contributed by atoms with Crippen molar-refractivity contribution in [3.8, 4) is 11.5 Å². The molecule has 0 spiro atoms. The molecule has 2 amide bonds. The number of nitrogens with zero attached hydrogens (tertiary/aromatic N) is 2. The average molecular weight is 362 g/mol. The molecule has 1 atom stereocenters. The molecule has 3 rings (SSSR count). The zero-order valence-electron chi connectivity index (χ0n) is 14.9. The van der Waals surface area contributed by atoms with Crippen molar-refractivity contribution in [3.63, 3.8) is 0 Å². The standard InChI is InChI=1S/C18H22N2O6/c1-24-14-3-4-15-12(8-14)7-13(11-26-15)18(23)20-6-5-19(16(21)9-20)10-17(22)25-2/h3-4,8,13H,5-7,9-11H2,1-2H3/t13-/m1/s1. The summed E-state index contributed by atoms with van der Waals surface area (Å²) in [5.74, 6) is 0.304. The van der Waals surface area contributed by atoms with Gasteiger partial charge in [0.2, 0.25) is 11.8 Å². The molecule has 0 radical (unpaired) electrons. The van der Waals surface area contributed by atoms with Crippen molar-refractivity contribution >= 4 is 17.8 Å². The summed E-state index contributed by atoms with van der Waals surface area (Å²) in [7, 11) is 2.87. The fourth-order valence-electron chi connectivity index (χ4n) is 3.20. The van der Waals surface area contributed by atoms with Gasteiger partial charge in [0.15, 0.2) is 0 Å². The van der Waals surface area contributed by atoms with E-state index in [1.807, 2.05) is 18.2 Å². The van der Waals surface area contributed by atoms with Crippen molar-refractivity contribution in [1.29, 1.82) is 0 Å². The molecular formula is C18H22N2O6. The molecule has 2 aliphatic heterocycles. The molecule has 0 bridgehead atoms. The number of hydrogen-bond acceptors (Lipinski definition) is 6. The van der Waals surface area contributed by atoms with E-state index >= 15 is 0 Å². The maximum Gasteiger partial charge on any atom is 0.325 e. The fourth-order valence-corrected chi connectivity index (χ4v) is 3.20. The van der Waals surface area contributed by atoms with Crippen LogP contribution in [0, 0.1) is 5.92 Å². The van der Waals surface area contributed by atoms with E-state index in [1.54, 1.807) is 7.11 Å². The van der Waals surface area contributed by atoms with Crippen molar-refractivity contribution in [2.24, 2.45) is 5.92 Å². The Balaban J connectivity index is 1.62. The molecule has 0 aliphatic carbocycles. The average Bonchev–Trinajstić information content (AvgIpc) is 2.67. The van der Waals surface area contributed by atoms with Crippen LogP contribution in [0.3, 0.4) is 0 Å². The number of methoxy groups -OCH3 is 2. The lowest BCUT2D eigenvalue weighted by atomic mass is 9.95. The largest absolute Gasteiger partial charge is 0.497 e. The molecule has 1 aromatic carbocycles. The van der Waals surface area contributed by atoms with Gasteiger partial charge in [-0.15, -0.1) is 0 Å². The Labute approximate surface area is 151 Å². The second-order valence-corrected chi connectivity index (χ2v) is 6.34. The van der Waals surface area contributed by atoms with Gasteiger partial charge in [0.1, 0.15) is 24.7 Å². The highest BCUT2D eigenvalue weighted by atomic mass is 16.5. The van der Waals surface area contributed by atoms with Gasteiger partial charge >= 0.3 is 5.97 Å². The molecule has 1 aromatic rings. The quantitative estimate of drug-likeness (QED) is 0.706. The van der Waals surface area contributed by atoms with Crippen molar-refractivity contribution in [1.82, 2.24) is 9.80 Å². The zero-order chi connectivity index (χ0) is 18.7. The van der Waals surface area contributed by atoms with Gasteiger partial charge in [-0.3, -0.25) is 14.4 Å². The van der Waals surface area contributed by atoms with Crippen LogP contribution in [0.15, 0.2) is 18.2 Å². The normalized spacial score (nSPS) is 19.5. The predicted octanol–water partition coefficient (Wildman–Crippen LogP) is 0.0901. The smallest absolute Gasteiger partial charge is 0.325 e. The van der Waals surface area contributed by atoms with Crippen LogP contribution in [0.2, 0.25) is 0 Å². The predicted molar refractivity (Wildman–Crippen MR) is 90.9 cm³/mol. The number of amides is 2. The van der Waals surface area contributed by atoms with Gasteiger partial charge in [0.25, 0.3) is 0 Å². The van der Waals surface area contributed by atoms with Gasteiger partial charge < -0.3 is 24.0 Å². The van der Waals surface area contributed by atoms with Gasteiger partial charge in [-0.1, -0.05) is 0 Å². The van der Waals surface area contributed by atoms with Crippen molar-refractivity contribution in [3.05, 3.63) is 23.8 Å². The fraction of sp³-hybridized carbons (Fsp3) is 0.500. The summed E-state index contributed by atoms with van der Waals surface area (Å²) >= 11 is 0. The number of esters is 1. The van der Waals surface area contributed by atoms with E-state index in [1.165, 1.54) is 16.9 Å². The third kappa shape index (κ3) is 3.74. The molecule has 0 saturated carbocycles. The van der Waals surface area contributed by atoms with Gasteiger partial charge in [-0.05, 0) is 30.2 Å². The Morgan fingerprint density at radius 2 is 2.08 bits per heavy atom. The number of rotatable bonds is 4. The summed E-state index contributed by atoms with van der Waals surface area (Å²) in [6.45, 7) is 0.879. The van der Waals surface area contributed by atoms with Crippen molar-refractivity contribution < 1.29 is 28.6 Å². The van der Waals surface area contributed by atoms with E-state index in [-0.39, 0.29) is 37.4 Å². The lowest BCUT2D eigenvalue weighted by molar-refractivity contribution is -0.153. The molecule has 2 aliphatic rings. The number of carbonyl (C=O) groups excluding carboxylic acids is 3. The minimum Gasteiger partial charge on any atom is -0.497 e. The van der Waals surface area contributed by atoms with Crippen LogP contribution >= 0.6 is 0 Å². The molecular weight excluding hydrogens is 340 g/mol.